The van der Waals surface area contributed by atoms with Crippen LogP contribution >= 0.6 is 11.6 Å². The van der Waals surface area contributed by atoms with Crippen LogP contribution in [0.5, 0.6) is 11.5 Å². The van der Waals surface area contributed by atoms with Crippen molar-refractivity contribution < 1.29 is 36.2 Å². The molecule has 3 aromatic carbocycles. The number of hydrogen-bond donors (Lipinski definition) is 2. The van der Waals surface area contributed by atoms with Gasteiger partial charge in [-0.3, -0.25) is 5.10 Å². The molecular formula is C24H15ClF6N2O2. The van der Waals surface area contributed by atoms with Crippen molar-refractivity contribution in [2.45, 2.75) is 19.0 Å². The first-order valence-electron chi connectivity index (χ1n) is 9.97. The standard InChI is InChI=1S/C24H15ClF6N2O2/c25-16-6-4-13(5-7-16)12-35-19-9-8-17(18-11-20(33-32-18)24(29,30)31)22(34)21(19)14-2-1-3-15(10-14)23(26,27)28/h1-11,34H,12H2,(H,32,33). The topological polar surface area (TPSA) is 58.1 Å². The molecule has 4 rings (SSSR count). The Morgan fingerprint density at radius 1 is 0.886 bits per heavy atom. The van der Waals surface area contributed by atoms with Gasteiger partial charge in [-0.1, -0.05) is 35.9 Å². The highest BCUT2D eigenvalue weighted by Crippen LogP contribution is 2.45. The third kappa shape index (κ3) is 5.37. The lowest BCUT2D eigenvalue weighted by Gasteiger charge is -2.17. The zero-order valence-corrected chi connectivity index (χ0v) is 18.3. The molecule has 0 fully saturated rings. The third-order valence-electron chi connectivity index (χ3n) is 5.09. The zero-order valence-electron chi connectivity index (χ0n) is 17.5. The van der Waals surface area contributed by atoms with E-state index in [1.54, 1.807) is 24.3 Å². The molecule has 0 spiro atoms. The van der Waals surface area contributed by atoms with Crippen LogP contribution in [-0.4, -0.2) is 15.3 Å². The van der Waals surface area contributed by atoms with Crippen molar-refractivity contribution in [3.63, 3.8) is 0 Å². The number of rotatable bonds is 5. The van der Waals surface area contributed by atoms with Crippen molar-refractivity contribution in [1.82, 2.24) is 10.2 Å². The smallest absolute Gasteiger partial charge is 0.432 e. The van der Waals surface area contributed by atoms with Crippen molar-refractivity contribution in [3.05, 3.63) is 88.6 Å². The molecule has 0 amide bonds. The highest BCUT2D eigenvalue weighted by molar-refractivity contribution is 6.30. The molecule has 0 aliphatic rings. The summed E-state index contributed by atoms with van der Waals surface area (Å²) in [4.78, 5) is 0. The average molecular weight is 513 g/mol. The first-order chi connectivity index (χ1) is 16.4. The van der Waals surface area contributed by atoms with E-state index in [9.17, 15) is 31.4 Å². The van der Waals surface area contributed by atoms with E-state index in [0.29, 0.717) is 16.7 Å². The molecule has 0 saturated carbocycles. The zero-order chi connectivity index (χ0) is 25.4. The van der Waals surface area contributed by atoms with Crippen LogP contribution in [0.15, 0.2) is 66.7 Å². The molecule has 4 aromatic rings. The lowest BCUT2D eigenvalue weighted by atomic mass is 9.97. The number of H-pyrrole nitrogens is 1. The fourth-order valence-corrected chi connectivity index (χ4v) is 3.50. The van der Waals surface area contributed by atoms with Crippen molar-refractivity contribution in [1.29, 1.82) is 0 Å². The maximum Gasteiger partial charge on any atom is 0.432 e. The molecule has 11 heteroatoms. The van der Waals surface area contributed by atoms with Gasteiger partial charge in [0, 0.05) is 10.6 Å². The summed E-state index contributed by atoms with van der Waals surface area (Å²) in [6.07, 6.45) is -9.36. The number of hydrogen-bond acceptors (Lipinski definition) is 3. The van der Waals surface area contributed by atoms with Gasteiger partial charge in [0.15, 0.2) is 0 Å². The molecule has 0 unspecified atom stereocenters. The van der Waals surface area contributed by atoms with E-state index >= 15 is 0 Å². The predicted molar refractivity (Wildman–Crippen MR) is 117 cm³/mol. The van der Waals surface area contributed by atoms with E-state index in [1.165, 1.54) is 18.2 Å². The van der Waals surface area contributed by atoms with Crippen LogP contribution in [0.25, 0.3) is 22.4 Å². The molecule has 2 N–H and O–H groups in total. The molecule has 35 heavy (non-hydrogen) atoms. The summed E-state index contributed by atoms with van der Waals surface area (Å²) in [5.41, 5.74) is -1.96. The number of ether oxygens (including phenoxy) is 1. The molecule has 182 valence electrons. The van der Waals surface area contributed by atoms with Gasteiger partial charge in [-0.05, 0) is 53.6 Å². The van der Waals surface area contributed by atoms with E-state index < -0.39 is 29.4 Å². The summed E-state index contributed by atoms with van der Waals surface area (Å²) in [7, 11) is 0. The molecule has 1 aromatic heterocycles. The Morgan fingerprint density at radius 2 is 1.60 bits per heavy atom. The van der Waals surface area contributed by atoms with Crippen LogP contribution < -0.4 is 4.74 Å². The Balaban J connectivity index is 1.81. The van der Waals surface area contributed by atoms with E-state index in [0.717, 1.165) is 18.2 Å². The minimum absolute atomic E-state index is 0.0114. The summed E-state index contributed by atoms with van der Waals surface area (Å²) in [5.74, 6) is -0.565. The Labute approximate surface area is 199 Å². The first kappa shape index (κ1) is 24.5. The van der Waals surface area contributed by atoms with Gasteiger partial charge in [0.25, 0.3) is 0 Å². The number of phenolic OH excluding ortho intramolecular Hbond substituents is 1. The van der Waals surface area contributed by atoms with Crippen LogP contribution in [-0.2, 0) is 19.0 Å². The second-order valence-electron chi connectivity index (χ2n) is 7.49. The first-order valence-corrected chi connectivity index (χ1v) is 10.3. The second kappa shape index (κ2) is 9.18. The summed E-state index contributed by atoms with van der Waals surface area (Å²) in [6.45, 7) is -0.0114. The maximum atomic E-state index is 13.3. The van der Waals surface area contributed by atoms with Gasteiger partial charge in [-0.2, -0.15) is 31.4 Å². The van der Waals surface area contributed by atoms with Crippen molar-refractivity contribution >= 4 is 11.6 Å². The van der Waals surface area contributed by atoms with Crippen molar-refractivity contribution in [2.24, 2.45) is 0 Å². The minimum Gasteiger partial charge on any atom is -0.506 e. The van der Waals surface area contributed by atoms with Gasteiger partial charge < -0.3 is 9.84 Å². The number of halogens is 7. The third-order valence-corrected chi connectivity index (χ3v) is 5.34. The van der Waals surface area contributed by atoms with Gasteiger partial charge in [-0.15, -0.1) is 0 Å². The number of phenols is 1. The number of alkyl halides is 6. The number of benzene rings is 3. The van der Waals surface area contributed by atoms with Gasteiger partial charge in [0.2, 0.25) is 0 Å². The molecular weight excluding hydrogens is 498 g/mol. The number of aromatic amines is 1. The number of nitrogens with zero attached hydrogens (tertiary/aromatic N) is 1. The molecule has 0 bridgehead atoms. The normalized spacial score (nSPS) is 12.1. The van der Waals surface area contributed by atoms with E-state index in [4.69, 9.17) is 16.3 Å². The van der Waals surface area contributed by atoms with Crippen LogP contribution in [0.3, 0.4) is 0 Å². The molecule has 1 heterocycles. The van der Waals surface area contributed by atoms with Gasteiger partial charge in [0.05, 0.1) is 16.8 Å². The monoisotopic (exact) mass is 512 g/mol. The highest BCUT2D eigenvalue weighted by Gasteiger charge is 2.34. The number of aromatic hydroxyl groups is 1. The molecule has 0 aliphatic carbocycles. The van der Waals surface area contributed by atoms with Crippen molar-refractivity contribution in [3.8, 4) is 33.9 Å². The highest BCUT2D eigenvalue weighted by atomic mass is 35.5. The van der Waals surface area contributed by atoms with E-state index in [-0.39, 0.29) is 34.7 Å². The summed E-state index contributed by atoms with van der Waals surface area (Å²) < 4.78 is 84.7. The van der Waals surface area contributed by atoms with E-state index in [2.05, 4.69) is 5.10 Å². The van der Waals surface area contributed by atoms with E-state index in [1.807, 2.05) is 5.10 Å². The molecule has 0 radical (unpaired) electrons. The lowest BCUT2D eigenvalue weighted by molar-refractivity contribution is -0.141. The molecule has 0 aliphatic heterocycles. The fraction of sp³-hybridized carbons (Fsp3) is 0.125. The van der Waals surface area contributed by atoms with Crippen LogP contribution in [0.2, 0.25) is 5.02 Å². The average Bonchev–Trinajstić information content (AvgIpc) is 3.29. The summed E-state index contributed by atoms with van der Waals surface area (Å²) in [6, 6.07) is 14.1. The summed E-state index contributed by atoms with van der Waals surface area (Å²) in [5, 5.41) is 16.9. The van der Waals surface area contributed by atoms with Crippen LogP contribution in [0, 0.1) is 0 Å². The van der Waals surface area contributed by atoms with Crippen LogP contribution in [0.4, 0.5) is 26.3 Å². The van der Waals surface area contributed by atoms with Gasteiger partial charge in [0.1, 0.15) is 23.8 Å². The lowest BCUT2D eigenvalue weighted by Crippen LogP contribution is -2.05. The van der Waals surface area contributed by atoms with Gasteiger partial charge in [-0.25, -0.2) is 0 Å². The van der Waals surface area contributed by atoms with Gasteiger partial charge >= 0.3 is 12.4 Å². The minimum atomic E-state index is -4.70. The largest absolute Gasteiger partial charge is 0.506 e. The Kier molecular flexibility index (Phi) is 6.42. The quantitative estimate of drug-likeness (QED) is 0.269. The Morgan fingerprint density at radius 3 is 2.23 bits per heavy atom. The van der Waals surface area contributed by atoms with Crippen molar-refractivity contribution in [2.75, 3.05) is 0 Å². The molecule has 4 nitrogen and oxygen atoms in total. The SMILES string of the molecule is Oc1c(-c2cc(C(F)(F)F)[nH]n2)ccc(OCc2ccc(Cl)cc2)c1-c1cccc(C(F)(F)F)c1. The number of nitrogens with one attached hydrogen (secondary N) is 1. The number of aromatic nitrogens is 2. The Hall–Kier alpha value is -3.66. The molecule has 0 atom stereocenters. The second-order valence-corrected chi connectivity index (χ2v) is 7.93. The predicted octanol–water partition coefficient (Wildman–Crippen LogP) is 7.72. The maximum absolute atomic E-state index is 13.3. The van der Waals surface area contributed by atoms with Crippen LogP contribution in [0.1, 0.15) is 16.8 Å². The summed E-state index contributed by atoms with van der Waals surface area (Å²) >= 11 is 5.87. The Bertz CT molecular complexity index is 1350. The fourth-order valence-electron chi connectivity index (χ4n) is 3.38. The molecule has 0 saturated heterocycles.